The molecule has 6 rings (SSSR count). The molecule has 0 unspecified atom stereocenters. The molecule has 4 heterocycles. The van der Waals surface area contributed by atoms with Gasteiger partial charge in [-0.25, -0.2) is 19.9 Å². The predicted octanol–water partition coefficient (Wildman–Crippen LogP) is 6.48. The van der Waals surface area contributed by atoms with E-state index in [4.69, 9.17) is 0 Å². The summed E-state index contributed by atoms with van der Waals surface area (Å²) in [6.45, 7) is 14.1. The van der Waals surface area contributed by atoms with Gasteiger partial charge in [0.25, 0.3) is 11.1 Å². The molecule has 2 aliphatic carbocycles. The van der Waals surface area contributed by atoms with E-state index in [0.717, 1.165) is 62.1 Å². The molecule has 0 spiro atoms. The Labute approximate surface area is 258 Å². The van der Waals surface area contributed by atoms with E-state index in [9.17, 15) is 19.2 Å². The maximum absolute atomic E-state index is 12.8. The van der Waals surface area contributed by atoms with Crippen molar-refractivity contribution in [1.82, 2.24) is 29.1 Å². The van der Waals surface area contributed by atoms with Crippen LogP contribution in [0, 0.1) is 27.7 Å². The Bertz CT molecular complexity index is 1710. The third-order valence-electron chi connectivity index (χ3n) is 8.74. The van der Waals surface area contributed by atoms with Crippen LogP contribution >= 0.6 is 0 Å². The summed E-state index contributed by atoms with van der Waals surface area (Å²) >= 11 is 0. The number of carbonyl (C=O) groups excluding carboxylic acids is 2. The zero-order valence-corrected chi connectivity index (χ0v) is 27.3. The highest BCUT2D eigenvalue weighted by atomic mass is 16.2. The number of carbonyl (C=O) groups is 2. The lowest BCUT2D eigenvalue weighted by molar-refractivity contribution is 0.100. The van der Waals surface area contributed by atoms with Crippen molar-refractivity contribution < 1.29 is 9.59 Å². The molecule has 10 nitrogen and oxygen atoms in total. The molecule has 2 fully saturated rings. The molecule has 0 N–H and O–H groups in total. The Balaban J connectivity index is 0.000000190. The summed E-state index contributed by atoms with van der Waals surface area (Å²) in [5, 5.41) is 1.61. The van der Waals surface area contributed by atoms with Crippen molar-refractivity contribution in [3.63, 3.8) is 0 Å². The molecular weight excluding hydrogens is 556 g/mol. The van der Waals surface area contributed by atoms with Crippen molar-refractivity contribution in [1.29, 1.82) is 0 Å². The summed E-state index contributed by atoms with van der Waals surface area (Å²) in [5.41, 5.74) is 2.89. The summed E-state index contributed by atoms with van der Waals surface area (Å²) in [7, 11) is 0. The molecule has 2 aliphatic rings. The quantitative estimate of drug-likeness (QED) is 0.243. The van der Waals surface area contributed by atoms with Crippen molar-refractivity contribution in [3.05, 3.63) is 67.0 Å². The maximum Gasteiger partial charge on any atom is 0.263 e. The van der Waals surface area contributed by atoms with Gasteiger partial charge in [-0.2, -0.15) is 0 Å². The number of rotatable bonds is 4. The normalized spacial score (nSPS) is 15.2. The minimum atomic E-state index is -0.197. The van der Waals surface area contributed by atoms with Crippen LogP contribution in [0.5, 0.6) is 0 Å². The first-order chi connectivity index (χ1) is 21.0. The lowest BCUT2D eigenvalue weighted by Gasteiger charge is -2.19. The van der Waals surface area contributed by atoms with Crippen LogP contribution in [0.2, 0.25) is 0 Å². The van der Waals surface area contributed by atoms with Gasteiger partial charge < -0.3 is 0 Å². The molecule has 0 aromatic carbocycles. The van der Waals surface area contributed by atoms with E-state index in [-0.39, 0.29) is 45.9 Å². The highest BCUT2D eigenvalue weighted by molar-refractivity contribution is 6.00. The Morgan fingerprint density at radius 2 is 0.955 bits per heavy atom. The van der Waals surface area contributed by atoms with Crippen LogP contribution in [0.4, 0.5) is 0 Å². The molecule has 234 valence electrons. The fourth-order valence-corrected chi connectivity index (χ4v) is 6.67. The summed E-state index contributed by atoms with van der Waals surface area (Å²) < 4.78 is 3.47. The highest BCUT2D eigenvalue weighted by Crippen LogP contribution is 2.32. The second kappa shape index (κ2) is 13.7. The van der Waals surface area contributed by atoms with Gasteiger partial charge in [-0.1, -0.05) is 39.5 Å². The lowest BCUT2D eigenvalue weighted by atomic mass is 10.0. The monoisotopic (exact) mass is 600 g/mol. The molecule has 4 aromatic heterocycles. The van der Waals surface area contributed by atoms with E-state index in [1.165, 1.54) is 13.8 Å². The van der Waals surface area contributed by atoms with Gasteiger partial charge >= 0.3 is 0 Å². The number of fused-ring (bicyclic) bond motifs is 2. The number of nitrogens with zero attached hydrogens (tertiary/aromatic N) is 6. The molecule has 0 saturated heterocycles. The van der Waals surface area contributed by atoms with Gasteiger partial charge in [-0.15, -0.1) is 0 Å². The molecule has 2 saturated carbocycles. The number of Topliss-reactive ketones (excluding diaryl/α,β-unsaturated/α-hetero) is 2. The standard InChI is InChI=1S/2C16H19N3O2.C2H6/c2*1-9-13-8-17-11(3)18-15(13)19(12-6-4-5-7-12)16(21)14(9)10(2)20;1-2/h2*8,12H,4-7H2,1-3H3;1-2H3. The Morgan fingerprint density at radius 3 is 1.25 bits per heavy atom. The second-order valence-electron chi connectivity index (χ2n) is 11.6. The SMILES string of the molecule is CC.CC(=O)c1c(C)c2cnc(C)nc2n(C2CCCC2)c1=O.CC(=O)c1c(C)c2cnc(C)nc2n(C2CCCC2)c1=O. The fourth-order valence-electron chi connectivity index (χ4n) is 6.67. The first kappa shape index (κ1) is 32.8. The van der Waals surface area contributed by atoms with Crippen LogP contribution in [0.15, 0.2) is 22.0 Å². The van der Waals surface area contributed by atoms with Crippen molar-refractivity contribution in [2.24, 2.45) is 0 Å². The second-order valence-corrected chi connectivity index (χ2v) is 11.6. The lowest BCUT2D eigenvalue weighted by Crippen LogP contribution is -2.30. The topological polar surface area (TPSA) is 130 Å². The Hall–Kier alpha value is -4.08. The van der Waals surface area contributed by atoms with Gasteiger partial charge in [0.15, 0.2) is 11.6 Å². The molecule has 0 aliphatic heterocycles. The van der Waals surface area contributed by atoms with Crippen LogP contribution in [-0.2, 0) is 0 Å². The van der Waals surface area contributed by atoms with Crippen molar-refractivity contribution in [2.45, 2.75) is 119 Å². The molecule has 0 radical (unpaired) electrons. The smallest absolute Gasteiger partial charge is 0.263 e. The first-order valence-corrected chi connectivity index (χ1v) is 15.8. The molecule has 44 heavy (non-hydrogen) atoms. The fraction of sp³-hybridized carbons (Fsp3) is 0.529. The minimum Gasteiger partial charge on any atom is -0.294 e. The van der Waals surface area contributed by atoms with Crippen molar-refractivity contribution in [2.75, 3.05) is 0 Å². The van der Waals surface area contributed by atoms with Gasteiger partial charge in [0.05, 0.1) is 11.1 Å². The van der Waals surface area contributed by atoms with Crippen LogP contribution in [0.3, 0.4) is 0 Å². The average molecular weight is 601 g/mol. The van der Waals surface area contributed by atoms with Gasteiger partial charge in [0.1, 0.15) is 22.9 Å². The van der Waals surface area contributed by atoms with E-state index in [2.05, 4.69) is 19.9 Å². The minimum absolute atomic E-state index is 0.146. The van der Waals surface area contributed by atoms with E-state index in [1.807, 2.05) is 27.7 Å². The largest absolute Gasteiger partial charge is 0.294 e. The third-order valence-corrected chi connectivity index (χ3v) is 8.74. The van der Waals surface area contributed by atoms with Gasteiger partial charge in [-0.05, 0) is 78.4 Å². The molecule has 0 atom stereocenters. The number of aryl methyl sites for hydroxylation is 4. The molecule has 0 bridgehead atoms. The van der Waals surface area contributed by atoms with Crippen LogP contribution in [0.1, 0.15) is 135 Å². The van der Waals surface area contributed by atoms with Gasteiger partial charge in [0, 0.05) is 35.2 Å². The molecule has 4 aromatic rings. The van der Waals surface area contributed by atoms with Crippen molar-refractivity contribution in [3.8, 4) is 0 Å². The van der Waals surface area contributed by atoms with Gasteiger partial charge in [0.2, 0.25) is 0 Å². The van der Waals surface area contributed by atoms with Crippen molar-refractivity contribution >= 4 is 33.6 Å². The van der Waals surface area contributed by atoms with E-state index in [1.54, 1.807) is 35.4 Å². The Kier molecular flexibility index (Phi) is 10.2. The first-order valence-electron chi connectivity index (χ1n) is 15.8. The van der Waals surface area contributed by atoms with E-state index in [0.29, 0.717) is 34.1 Å². The number of aromatic nitrogens is 6. The predicted molar refractivity (Wildman–Crippen MR) is 173 cm³/mol. The average Bonchev–Trinajstić information content (AvgIpc) is 3.70. The maximum atomic E-state index is 12.8. The molecular formula is C34H44N6O4. The van der Waals surface area contributed by atoms with E-state index < -0.39 is 0 Å². The number of ketones is 2. The van der Waals surface area contributed by atoms with Crippen LogP contribution in [0.25, 0.3) is 22.1 Å². The Morgan fingerprint density at radius 1 is 0.636 bits per heavy atom. The molecule has 10 heteroatoms. The highest BCUT2D eigenvalue weighted by Gasteiger charge is 2.27. The zero-order chi connectivity index (χ0) is 32.3. The summed E-state index contributed by atoms with van der Waals surface area (Å²) in [6.07, 6.45) is 11.8. The van der Waals surface area contributed by atoms with Crippen LogP contribution < -0.4 is 11.1 Å². The summed E-state index contributed by atoms with van der Waals surface area (Å²) in [4.78, 5) is 66.9. The summed E-state index contributed by atoms with van der Waals surface area (Å²) in [6, 6.07) is 0.293. The summed E-state index contributed by atoms with van der Waals surface area (Å²) in [5.74, 6) is 0.908. The number of hydrogen-bond acceptors (Lipinski definition) is 8. The molecule has 0 amide bonds. The number of hydrogen-bond donors (Lipinski definition) is 0. The van der Waals surface area contributed by atoms with E-state index >= 15 is 0 Å². The number of pyridine rings is 2. The zero-order valence-electron chi connectivity index (χ0n) is 27.3. The van der Waals surface area contributed by atoms with Gasteiger partial charge in [-0.3, -0.25) is 28.3 Å². The third kappa shape index (κ3) is 6.12. The van der Waals surface area contributed by atoms with Crippen LogP contribution in [-0.4, -0.2) is 40.6 Å².